The molecule has 5 heteroatoms. The van der Waals surface area contributed by atoms with Gasteiger partial charge in [0.2, 0.25) is 12.6 Å². The van der Waals surface area contributed by atoms with Crippen LogP contribution < -0.4 is 14.9 Å². The van der Waals surface area contributed by atoms with E-state index in [-0.39, 0.29) is 18.5 Å². The second kappa shape index (κ2) is 5.43. The number of ketones is 1. The van der Waals surface area contributed by atoms with Crippen LogP contribution >= 0.6 is 0 Å². The quantitative estimate of drug-likeness (QED) is 0.886. The third-order valence-electron chi connectivity index (χ3n) is 4.17. The van der Waals surface area contributed by atoms with E-state index in [2.05, 4.69) is 10.5 Å². The topological polar surface area (TPSA) is 59.9 Å². The van der Waals surface area contributed by atoms with E-state index in [1.165, 1.54) is 0 Å². The van der Waals surface area contributed by atoms with Crippen LogP contribution in [0.4, 0.5) is 0 Å². The van der Waals surface area contributed by atoms with Crippen molar-refractivity contribution in [2.75, 3.05) is 13.3 Å². The summed E-state index contributed by atoms with van der Waals surface area (Å²) in [6.07, 6.45) is 0. The van der Waals surface area contributed by atoms with Gasteiger partial charge < -0.3 is 14.9 Å². The van der Waals surface area contributed by atoms with E-state index >= 15 is 0 Å². The first-order valence-corrected chi connectivity index (χ1v) is 7.54. The maximum absolute atomic E-state index is 12.7. The number of fused-ring (bicyclic) bond motifs is 1. The van der Waals surface area contributed by atoms with E-state index in [4.69, 9.17) is 9.47 Å². The van der Waals surface area contributed by atoms with E-state index in [1.807, 2.05) is 49.4 Å². The number of aryl methyl sites for hydroxylation is 1. The lowest BCUT2D eigenvalue weighted by molar-refractivity contribution is 0.106. The number of ether oxygens (including phenoxy) is 2. The molecule has 116 valence electrons. The fraction of sp³-hybridized carbons (Fsp3) is 0.222. The minimum Gasteiger partial charge on any atom is -0.454 e. The van der Waals surface area contributed by atoms with Gasteiger partial charge in [-0.05, 0) is 24.6 Å². The minimum atomic E-state index is -0.0849. The Kier molecular flexibility index (Phi) is 3.26. The standard InChI is InChI=1S/C18H16N2O3/c1-11-2-4-12(5-3-11)18(21)17-14(9-19-20-17)13-6-7-15-16(8-13)23-10-22-15/h2-8,14,19H,9-10H2,1H3. The molecule has 1 atom stereocenters. The van der Waals surface area contributed by atoms with E-state index in [1.54, 1.807) is 0 Å². The van der Waals surface area contributed by atoms with Crippen LogP contribution in [0.15, 0.2) is 47.6 Å². The molecule has 2 aliphatic rings. The molecule has 1 unspecified atom stereocenters. The number of Topliss-reactive ketones (excluding diaryl/α,β-unsaturated/α-hetero) is 1. The highest BCUT2D eigenvalue weighted by Gasteiger charge is 2.30. The predicted molar refractivity (Wildman–Crippen MR) is 86.3 cm³/mol. The smallest absolute Gasteiger partial charge is 0.231 e. The first kappa shape index (κ1) is 13.8. The molecule has 0 spiro atoms. The number of hydrogen-bond acceptors (Lipinski definition) is 5. The highest BCUT2D eigenvalue weighted by atomic mass is 16.7. The largest absolute Gasteiger partial charge is 0.454 e. The summed E-state index contributed by atoms with van der Waals surface area (Å²) in [5.41, 5.74) is 6.26. The summed E-state index contributed by atoms with van der Waals surface area (Å²) in [6.45, 7) is 2.84. The van der Waals surface area contributed by atoms with Gasteiger partial charge in [0.25, 0.3) is 0 Å². The van der Waals surface area contributed by atoms with Crippen LogP contribution in [0.25, 0.3) is 0 Å². The first-order chi connectivity index (χ1) is 11.2. The van der Waals surface area contributed by atoms with Crippen LogP contribution in [0, 0.1) is 6.92 Å². The van der Waals surface area contributed by atoms with Crippen LogP contribution in [0.1, 0.15) is 27.4 Å². The van der Waals surface area contributed by atoms with Crippen molar-refractivity contribution in [1.82, 2.24) is 5.43 Å². The Bertz CT molecular complexity index is 796. The number of carbonyl (C=O) groups excluding carboxylic acids is 1. The number of hydrogen-bond donors (Lipinski definition) is 1. The average molecular weight is 308 g/mol. The molecule has 2 aromatic carbocycles. The van der Waals surface area contributed by atoms with Gasteiger partial charge in [-0.3, -0.25) is 4.79 Å². The molecule has 0 saturated carbocycles. The third-order valence-corrected chi connectivity index (χ3v) is 4.17. The zero-order valence-electron chi connectivity index (χ0n) is 12.7. The zero-order valence-corrected chi connectivity index (χ0v) is 12.7. The van der Waals surface area contributed by atoms with E-state index in [0.717, 1.165) is 22.6 Å². The van der Waals surface area contributed by atoms with Crippen LogP contribution in [0.5, 0.6) is 11.5 Å². The van der Waals surface area contributed by atoms with E-state index < -0.39 is 0 Å². The SMILES string of the molecule is Cc1ccc(C(=O)C2=NNCC2c2ccc3c(c2)OCO3)cc1. The summed E-state index contributed by atoms with van der Waals surface area (Å²) in [7, 11) is 0. The molecule has 5 nitrogen and oxygen atoms in total. The molecule has 23 heavy (non-hydrogen) atoms. The van der Waals surface area contributed by atoms with Crippen molar-refractivity contribution in [2.24, 2.45) is 5.10 Å². The zero-order chi connectivity index (χ0) is 15.8. The van der Waals surface area contributed by atoms with Crippen molar-refractivity contribution in [3.8, 4) is 11.5 Å². The molecule has 0 saturated heterocycles. The Morgan fingerprint density at radius 3 is 2.74 bits per heavy atom. The molecule has 4 rings (SSSR count). The maximum Gasteiger partial charge on any atom is 0.231 e. The number of carbonyl (C=O) groups is 1. The highest BCUT2D eigenvalue weighted by Crippen LogP contribution is 2.35. The third kappa shape index (κ3) is 2.44. The molecule has 0 amide bonds. The summed E-state index contributed by atoms with van der Waals surface area (Å²) < 4.78 is 10.8. The van der Waals surface area contributed by atoms with Crippen LogP contribution in [-0.4, -0.2) is 24.8 Å². The lowest BCUT2D eigenvalue weighted by Crippen LogP contribution is -2.21. The van der Waals surface area contributed by atoms with Gasteiger partial charge in [0.1, 0.15) is 5.71 Å². The molecule has 0 aromatic heterocycles. The van der Waals surface area contributed by atoms with Crippen molar-refractivity contribution in [1.29, 1.82) is 0 Å². The summed E-state index contributed by atoms with van der Waals surface area (Å²) in [5, 5.41) is 4.23. The molecule has 0 bridgehead atoms. The fourth-order valence-electron chi connectivity index (χ4n) is 2.86. The van der Waals surface area contributed by atoms with E-state index in [9.17, 15) is 4.79 Å². The number of benzene rings is 2. The van der Waals surface area contributed by atoms with Crippen LogP contribution in [-0.2, 0) is 0 Å². The molecule has 1 N–H and O–H groups in total. The van der Waals surface area contributed by atoms with Gasteiger partial charge in [-0.2, -0.15) is 5.10 Å². The van der Waals surface area contributed by atoms with Gasteiger partial charge in [0.15, 0.2) is 11.5 Å². The second-order valence-corrected chi connectivity index (χ2v) is 5.72. The summed E-state index contributed by atoms with van der Waals surface area (Å²) in [5.74, 6) is 1.33. The fourth-order valence-corrected chi connectivity index (χ4v) is 2.86. The summed E-state index contributed by atoms with van der Waals surface area (Å²) >= 11 is 0. The van der Waals surface area contributed by atoms with Crippen molar-refractivity contribution >= 4 is 11.5 Å². The Hall–Kier alpha value is -2.82. The maximum atomic E-state index is 12.7. The van der Waals surface area contributed by atoms with Crippen LogP contribution in [0.3, 0.4) is 0 Å². The molecule has 2 aliphatic heterocycles. The monoisotopic (exact) mass is 308 g/mol. The number of nitrogens with zero attached hydrogens (tertiary/aromatic N) is 1. The van der Waals surface area contributed by atoms with Crippen molar-refractivity contribution < 1.29 is 14.3 Å². The van der Waals surface area contributed by atoms with Gasteiger partial charge >= 0.3 is 0 Å². The van der Waals surface area contributed by atoms with Gasteiger partial charge in [0, 0.05) is 12.1 Å². The summed E-state index contributed by atoms with van der Waals surface area (Å²) in [4.78, 5) is 12.7. The summed E-state index contributed by atoms with van der Waals surface area (Å²) in [6, 6.07) is 13.3. The van der Waals surface area contributed by atoms with Gasteiger partial charge in [-0.15, -0.1) is 0 Å². The van der Waals surface area contributed by atoms with Gasteiger partial charge in [-0.1, -0.05) is 35.9 Å². The van der Waals surface area contributed by atoms with Crippen molar-refractivity contribution in [3.05, 3.63) is 59.2 Å². The molecule has 0 radical (unpaired) electrons. The number of rotatable bonds is 3. The Labute approximate surface area is 133 Å². The Morgan fingerprint density at radius 1 is 1.13 bits per heavy atom. The number of nitrogens with one attached hydrogen (secondary N) is 1. The predicted octanol–water partition coefficient (Wildman–Crippen LogP) is 2.65. The molecular formula is C18H16N2O3. The van der Waals surface area contributed by atoms with Gasteiger partial charge in [-0.25, -0.2) is 0 Å². The Morgan fingerprint density at radius 2 is 1.91 bits per heavy atom. The first-order valence-electron chi connectivity index (χ1n) is 7.54. The normalized spacial score (nSPS) is 18.5. The molecule has 0 fully saturated rings. The minimum absolute atomic E-state index is 0.0438. The molecule has 2 aromatic rings. The molecule has 0 aliphatic carbocycles. The second-order valence-electron chi connectivity index (χ2n) is 5.72. The molecular weight excluding hydrogens is 292 g/mol. The lowest BCUT2D eigenvalue weighted by Gasteiger charge is -2.12. The highest BCUT2D eigenvalue weighted by molar-refractivity contribution is 6.48. The Balaban J connectivity index is 1.64. The van der Waals surface area contributed by atoms with Crippen molar-refractivity contribution in [3.63, 3.8) is 0 Å². The van der Waals surface area contributed by atoms with E-state index in [0.29, 0.717) is 17.8 Å². The van der Waals surface area contributed by atoms with Crippen LogP contribution in [0.2, 0.25) is 0 Å². The molecule has 2 heterocycles. The van der Waals surface area contributed by atoms with Crippen molar-refractivity contribution in [2.45, 2.75) is 12.8 Å². The lowest BCUT2D eigenvalue weighted by atomic mass is 9.90. The van der Waals surface area contributed by atoms with Gasteiger partial charge in [0.05, 0.1) is 5.92 Å². The average Bonchev–Trinajstić information content (AvgIpc) is 3.23. The number of hydrazone groups is 1.